The minimum Gasteiger partial charge on any atom is -0.495 e. The molecule has 31 heavy (non-hydrogen) atoms. The lowest BCUT2D eigenvalue weighted by Gasteiger charge is -2.15. The van der Waals surface area contributed by atoms with E-state index in [0.29, 0.717) is 45.6 Å². The average molecular weight is 427 g/mol. The lowest BCUT2D eigenvalue weighted by molar-refractivity contribution is -0.117. The highest BCUT2D eigenvalue weighted by Gasteiger charge is 2.20. The van der Waals surface area contributed by atoms with Gasteiger partial charge in [-0.3, -0.25) is 9.89 Å². The number of aromatic amines is 1. The van der Waals surface area contributed by atoms with E-state index in [1.54, 1.807) is 45.4 Å². The zero-order chi connectivity index (χ0) is 22.5. The minimum absolute atomic E-state index is 0.331. The van der Waals surface area contributed by atoms with Gasteiger partial charge in [0.1, 0.15) is 11.4 Å². The summed E-state index contributed by atoms with van der Waals surface area (Å²) in [6, 6.07) is 8.23. The van der Waals surface area contributed by atoms with Crippen LogP contribution in [0.15, 0.2) is 30.3 Å². The highest BCUT2D eigenvalue weighted by Crippen LogP contribution is 2.42. The molecule has 10 heteroatoms. The first-order valence-electron chi connectivity index (χ1n) is 9.39. The maximum Gasteiger partial charge on any atom is 0.241 e. The number of carbonyl (C=O) groups excluding carboxylic acids is 1. The molecular formula is C21H25N5O5. The van der Waals surface area contributed by atoms with Gasteiger partial charge in [-0.1, -0.05) is 5.21 Å². The van der Waals surface area contributed by atoms with Gasteiger partial charge in [-0.25, -0.2) is 0 Å². The topological polar surface area (TPSA) is 134 Å². The van der Waals surface area contributed by atoms with Crippen molar-refractivity contribution in [1.29, 1.82) is 0 Å². The van der Waals surface area contributed by atoms with Crippen LogP contribution in [0.3, 0.4) is 0 Å². The summed E-state index contributed by atoms with van der Waals surface area (Å²) in [6.45, 7) is 1.60. The molecule has 3 aromatic rings. The molecule has 1 unspecified atom stereocenters. The number of carbonyl (C=O) groups is 1. The van der Waals surface area contributed by atoms with Crippen LogP contribution in [0.1, 0.15) is 6.92 Å². The molecule has 0 aliphatic carbocycles. The maximum absolute atomic E-state index is 12.1. The van der Waals surface area contributed by atoms with Crippen LogP contribution in [0, 0.1) is 0 Å². The van der Waals surface area contributed by atoms with Crippen molar-refractivity contribution in [2.24, 2.45) is 5.73 Å². The van der Waals surface area contributed by atoms with E-state index < -0.39 is 6.04 Å². The SMILES string of the molecule is COc1ccc(-c2[nH]nnc2-c2cc(OC)c(OC)c(OC)c2)cc1NC(=O)C(C)N. The summed E-state index contributed by atoms with van der Waals surface area (Å²) < 4.78 is 21.6. The molecule has 1 amide bonds. The number of hydrogen-bond donors (Lipinski definition) is 3. The first-order chi connectivity index (χ1) is 14.9. The molecule has 1 heterocycles. The predicted molar refractivity (Wildman–Crippen MR) is 116 cm³/mol. The fourth-order valence-corrected chi connectivity index (χ4v) is 3.06. The summed E-state index contributed by atoms with van der Waals surface area (Å²) in [4.78, 5) is 12.1. The van der Waals surface area contributed by atoms with Crippen LogP contribution in [-0.4, -0.2) is 55.8 Å². The Labute approximate surface area is 179 Å². The second-order valence-electron chi connectivity index (χ2n) is 6.64. The third kappa shape index (κ3) is 4.38. The van der Waals surface area contributed by atoms with Crippen molar-refractivity contribution in [1.82, 2.24) is 15.4 Å². The molecule has 0 spiro atoms. The first kappa shape index (κ1) is 21.9. The lowest BCUT2D eigenvalue weighted by Crippen LogP contribution is -2.32. The third-order valence-corrected chi connectivity index (χ3v) is 4.65. The van der Waals surface area contributed by atoms with Crippen molar-refractivity contribution in [2.45, 2.75) is 13.0 Å². The molecule has 0 radical (unpaired) electrons. The Hall–Kier alpha value is -3.79. The fraction of sp³-hybridized carbons (Fsp3) is 0.286. The second kappa shape index (κ2) is 9.35. The molecule has 0 saturated carbocycles. The monoisotopic (exact) mass is 427 g/mol. The van der Waals surface area contributed by atoms with Crippen LogP contribution < -0.4 is 30.0 Å². The molecular weight excluding hydrogens is 402 g/mol. The number of hydrogen-bond acceptors (Lipinski definition) is 8. The number of rotatable bonds is 8. The van der Waals surface area contributed by atoms with Crippen molar-refractivity contribution in [2.75, 3.05) is 33.8 Å². The van der Waals surface area contributed by atoms with E-state index in [-0.39, 0.29) is 5.91 Å². The molecule has 2 aromatic carbocycles. The largest absolute Gasteiger partial charge is 0.495 e. The minimum atomic E-state index is -0.669. The summed E-state index contributed by atoms with van der Waals surface area (Å²) in [5, 5.41) is 13.9. The normalized spacial score (nSPS) is 11.5. The number of nitrogens with one attached hydrogen (secondary N) is 2. The molecule has 1 aromatic heterocycles. The molecule has 0 aliphatic heterocycles. The summed E-state index contributed by atoms with van der Waals surface area (Å²) >= 11 is 0. The Morgan fingerprint density at radius 2 is 1.61 bits per heavy atom. The molecule has 10 nitrogen and oxygen atoms in total. The molecule has 0 bridgehead atoms. The highest BCUT2D eigenvalue weighted by molar-refractivity contribution is 5.96. The Morgan fingerprint density at radius 1 is 0.968 bits per heavy atom. The van der Waals surface area contributed by atoms with E-state index in [1.165, 1.54) is 14.2 Å². The molecule has 3 rings (SSSR count). The van der Waals surface area contributed by atoms with Gasteiger partial charge in [-0.05, 0) is 37.3 Å². The van der Waals surface area contributed by atoms with Crippen molar-refractivity contribution >= 4 is 11.6 Å². The number of H-pyrrole nitrogens is 1. The van der Waals surface area contributed by atoms with Crippen LogP contribution >= 0.6 is 0 Å². The van der Waals surface area contributed by atoms with Crippen molar-refractivity contribution in [3.05, 3.63) is 30.3 Å². The van der Waals surface area contributed by atoms with Gasteiger partial charge in [0.25, 0.3) is 0 Å². The summed E-state index contributed by atoms with van der Waals surface area (Å²) in [5.41, 5.74) is 8.78. The van der Waals surface area contributed by atoms with E-state index in [1.807, 2.05) is 6.07 Å². The van der Waals surface area contributed by atoms with Crippen LogP contribution in [0.2, 0.25) is 0 Å². The van der Waals surface area contributed by atoms with Gasteiger partial charge in [-0.15, -0.1) is 5.10 Å². The Bertz CT molecular complexity index is 1050. The summed E-state index contributed by atoms with van der Waals surface area (Å²) in [7, 11) is 6.15. The molecule has 1 atom stereocenters. The number of ether oxygens (including phenoxy) is 4. The third-order valence-electron chi connectivity index (χ3n) is 4.65. The number of aromatic nitrogens is 3. The average Bonchev–Trinajstić information content (AvgIpc) is 3.27. The van der Waals surface area contributed by atoms with Crippen molar-refractivity contribution in [3.63, 3.8) is 0 Å². The van der Waals surface area contributed by atoms with E-state index in [9.17, 15) is 4.79 Å². The Balaban J connectivity index is 2.09. The summed E-state index contributed by atoms with van der Waals surface area (Å²) in [5.74, 6) is 1.63. The number of amides is 1. The van der Waals surface area contributed by atoms with Gasteiger partial charge in [0.05, 0.1) is 45.9 Å². The van der Waals surface area contributed by atoms with Gasteiger partial charge < -0.3 is 30.0 Å². The maximum atomic E-state index is 12.1. The van der Waals surface area contributed by atoms with E-state index in [4.69, 9.17) is 24.7 Å². The quantitative estimate of drug-likeness (QED) is 0.499. The Kier molecular flexibility index (Phi) is 6.61. The van der Waals surface area contributed by atoms with Gasteiger partial charge >= 0.3 is 0 Å². The van der Waals surface area contributed by atoms with Gasteiger partial charge in [0, 0.05) is 11.1 Å². The standard InChI is InChI=1S/C21H25N5O5/c1-11(22)21(27)23-14-8-12(6-7-15(14)28-2)18-19(25-26-24-18)13-9-16(29-3)20(31-5)17(10-13)30-4/h6-11H,22H2,1-5H3,(H,23,27)(H,24,25,26). The first-order valence-corrected chi connectivity index (χ1v) is 9.39. The lowest BCUT2D eigenvalue weighted by atomic mass is 10.0. The van der Waals surface area contributed by atoms with E-state index in [0.717, 1.165) is 5.56 Å². The molecule has 4 N–H and O–H groups in total. The summed E-state index contributed by atoms with van der Waals surface area (Å²) in [6.07, 6.45) is 0. The number of nitrogens with two attached hydrogens (primary N) is 1. The van der Waals surface area contributed by atoms with Gasteiger partial charge in [0.15, 0.2) is 11.5 Å². The zero-order valence-corrected chi connectivity index (χ0v) is 18.0. The van der Waals surface area contributed by atoms with E-state index >= 15 is 0 Å². The smallest absolute Gasteiger partial charge is 0.241 e. The van der Waals surface area contributed by atoms with Crippen LogP contribution in [0.5, 0.6) is 23.0 Å². The predicted octanol–water partition coefficient (Wildman–Crippen LogP) is 2.46. The number of nitrogens with zero attached hydrogens (tertiary/aromatic N) is 2. The Morgan fingerprint density at radius 3 is 2.16 bits per heavy atom. The van der Waals surface area contributed by atoms with Crippen molar-refractivity contribution in [3.8, 4) is 45.5 Å². The van der Waals surface area contributed by atoms with Gasteiger partial charge in [0.2, 0.25) is 11.7 Å². The zero-order valence-electron chi connectivity index (χ0n) is 18.0. The van der Waals surface area contributed by atoms with Crippen LogP contribution in [-0.2, 0) is 4.79 Å². The number of methoxy groups -OCH3 is 4. The second-order valence-corrected chi connectivity index (χ2v) is 6.64. The highest BCUT2D eigenvalue weighted by atomic mass is 16.5. The molecule has 164 valence electrons. The van der Waals surface area contributed by atoms with Gasteiger partial charge in [-0.2, -0.15) is 0 Å². The van der Waals surface area contributed by atoms with Crippen LogP contribution in [0.25, 0.3) is 22.5 Å². The number of anilines is 1. The fourth-order valence-electron chi connectivity index (χ4n) is 3.06. The molecule has 0 fully saturated rings. The van der Waals surface area contributed by atoms with E-state index in [2.05, 4.69) is 20.7 Å². The molecule has 0 aliphatic rings. The number of benzene rings is 2. The van der Waals surface area contributed by atoms with Crippen LogP contribution in [0.4, 0.5) is 5.69 Å². The van der Waals surface area contributed by atoms with Crippen molar-refractivity contribution < 1.29 is 23.7 Å². The molecule has 0 saturated heterocycles.